The van der Waals surface area contributed by atoms with E-state index < -0.39 is 5.25 Å². The smallest absolute Gasteiger partial charge is 0.237 e. The Bertz CT molecular complexity index is 1330. The van der Waals surface area contributed by atoms with Crippen LogP contribution in [-0.4, -0.2) is 33.0 Å². The van der Waals surface area contributed by atoms with Crippen LogP contribution in [0.5, 0.6) is 5.75 Å². The first-order valence-electron chi connectivity index (χ1n) is 11.2. The summed E-state index contributed by atoms with van der Waals surface area (Å²) in [5, 5.41) is 21.2. The van der Waals surface area contributed by atoms with Crippen molar-refractivity contribution in [2.75, 3.05) is 12.4 Å². The standard InChI is InChI=1S/C27H25N5O2S/c1-19(26(33)29-24-11-7-6-10-22(24)18-28)35-27-31-30-25(21-12-14-23(34-2)15-13-21)32(27)17-16-20-8-4-3-5-9-20/h3-15,19H,16-17H2,1-2H3,(H,29,33). The molecule has 35 heavy (non-hydrogen) atoms. The number of thioether (sulfide) groups is 1. The number of hydrogen-bond donors (Lipinski definition) is 1. The summed E-state index contributed by atoms with van der Waals surface area (Å²) >= 11 is 1.34. The van der Waals surface area contributed by atoms with Crippen LogP contribution < -0.4 is 10.1 Å². The molecular weight excluding hydrogens is 458 g/mol. The van der Waals surface area contributed by atoms with Crippen molar-refractivity contribution in [3.63, 3.8) is 0 Å². The van der Waals surface area contributed by atoms with Crippen LogP contribution in [0.1, 0.15) is 18.1 Å². The van der Waals surface area contributed by atoms with E-state index in [0.29, 0.717) is 23.0 Å². The van der Waals surface area contributed by atoms with E-state index in [0.717, 1.165) is 23.6 Å². The molecular formula is C27H25N5O2S. The summed E-state index contributed by atoms with van der Waals surface area (Å²) in [4.78, 5) is 12.9. The third kappa shape index (κ3) is 5.89. The Morgan fingerprint density at radius 2 is 1.77 bits per heavy atom. The number of benzene rings is 3. The van der Waals surface area contributed by atoms with Gasteiger partial charge in [0.1, 0.15) is 11.8 Å². The minimum absolute atomic E-state index is 0.207. The maximum absolute atomic E-state index is 12.9. The third-order valence-corrected chi connectivity index (χ3v) is 6.57. The minimum Gasteiger partial charge on any atom is -0.497 e. The highest BCUT2D eigenvalue weighted by molar-refractivity contribution is 8.00. The lowest BCUT2D eigenvalue weighted by atomic mass is 10.1. The number of carbonyl (C=O) groups excluding carboxylic acids is 1. The fraction of sp³-hybridized carbons (Fsp3) is 0.185. The Balaban J connectivity index is 1.57. The van der Waals surface area contributed by atoms with Gasteiger partial charge in [-0.25, -0.2) is 0 Å². The molecule has 0 saturated heterocycles. The van der Waals surface area contributed by atoms with Gasteiger partial charge in [0.25, 0.3) is 0 Å². The summed E-state index contributed by atoms with van der Waals surface area (Å²) in [6, 6.07) is 27.0. The Kier molecular flexibility index (Phi) is 7.81. The zero-order chi connectivity index (χ0) is 24.6. The second-order valence-electron chi connectivity index (χ2n) is 7.83. The number of ether oxygens (including phenoxy) is 1. The maximum Gasteiger partial charge on any atom is 0.237 e. The highest BCUT2D eigenvalue weighted by Crippen LogP contribution is 2.29. The van der Waals surface area contributed by atoms with Crippen molar-refractivity contribution >= 4 is 23.4 Å². The number of nitriles is 1. The molecule has 0 bridgehead atoms. The summed E-state index contributed by atoms with van der Waals surface area (Å²) in [5.74, 6) is 1.29. The fourth-order valence-corrected chi connectivity index (χ4v) is 4.43. The lowest BCUT2D eigenvalue weighted by molar-refractivity contribution is -0.115. The molecule has 0 saturated carbocycles. The molecule has 1 heterocycles. The number of carbonyl (C=O) groups is 1. The van der Waals surface area contributed by atoms with Crippen molar-refractivity contribution in [1.82, 2.24) is 14.8 Å². The quantitative estimate of drug-likeness (QED) is 0.330. The van der Waals surface area contributed by atoms with Crippen molar-refractivity contribution in [3.05, 3.63) is 90.0 Å². The normalized spacial score (nSPS) is 11.5. The molecule has 0 aliphatic carbocycles. The molecule has 0 fully saturated rings. The van der Waals surface area contributed by atoms with Gasteiger partial charge in [-0.05, 0) is 55.3 Å². The second kappa shape index (κ2) is 11.4. The molecule has 0 radical (unpaired) electrons. The van der Waals surface area contributed by atoms with Crippen molar-refractivity contribution < 1.29 is 9.53 Å². The van der Waals surface area contributed by atoms with Gasteiger partial charge in [-0.2, -0.15) is 5.26 Å². The number of aryl methyl sites for hydroxylation is 1. The predicted molar refractivity (Wildman–Crippen MR) is 137 cm³/mol. The molecule has 1 aromatic heterocycles. The van der Waals surface area contributed by atoms with E-state index in [-0.39, 0.29) is 5.91 Å². The minimum atomic E-state index is -0.454. The summed E-state index contributed by atoms with van der Waals surface area (Å²) in [6.07, 6.45) is 0.797. The molecule has 0 aliphatic heterocycles. The van der Waals surface area contributed by atoms with Crippen LogP contribution in [0.25, 0.3) is 11.4 Å². The number of hydrogen-bond acceptors (Lipinski definition) is 6. The first-order valence-corrected chi connectivity index (χ1v) is 12.0. The van der Waals surface area contributed by atoms with Crippen LogP contribution in [0.4, 0.5) is 5.69 Å². The first kappa shape index (κ1) is 24.0. The Labute approximate surface area is 208 Å². The number of nitrogens with zero attached hydrogens (tertiary/aromatic N) is 4. The van der Waals surface area contributed by atoms with Crippen molar-refractivity contribution in [3.8, 4) is 23.2 Å². The van der Waals surface area contributed by atoms with Gasteiger partial charge in [0, 0.05) is 12.1 Å². The number of anilines is 1. The molecule has 4 rings (SSSR count). The molecule has 8 heteroatoms. The molecule has 3 aromatic carbocycles. The summed E-state index contributed by atoms with van der Waals surface area (Å²) in [7, 11) is 1.63. The van der Waals surface area contributed by atoms with E-state index in [1.165, 1.54) is 17.3 Å². The largest absolute Gasteiger partial charge is 0.497 e. The molecule has 4 aromatic rings. The van der Waals surface area contributed by atoms with E-state index in [1.54, 1.807) is 31.4 Å². The van der Waals surface area contributed by atoms with Gasteiger partial charge in [0.15, 0.2) is 11.0 Å². The van der Waals surface area contributed by atoms with Crippen LogP contribution in [0.15, 0.2) is 84.0 Å². The fourth-order valence-electron chi connectivity index (χ4n) is 3.55. The molecule has 1 atom stereocenters. The van der Waals surface area contributed by atoms with E-state index in [9.17, 15) is 10.1 Å². The van der Waals surface area contributed by atoms with Gasteiger partial charge in [-0.15, -0.1) is 10.2 Å². The highest BCUT2D eigenvalue weighted by Gasteiger charge is 2.21. The summed E-state index contributed by atoms with van der Waals surface area (Å²) in [6.45, 7) is 2.48. The molecule has 7 nitrogen and oxygen atoms in total. The molecule has 0 spiro atoms. The lowest BCUT2D eigenvalue weighted by Crippen LogP contribution is -2.23. The number of rotatable bonds is 9. The van der Waals surface area contributed by atoms with Gasteiger partial charge >= 0.3 is 0 Å². The Hall–Kier alpha value is -4.09. The Morgan fingerprint density at radius 3 is 2.49 bits per heavy atom. The topological polar surface area (TPSA) is 92.8 Å². The molecule has 1 N–H and O–H groups in total. The van der Waals surface area contributed by atoms with Gasteiger partial charge in [0.2, 0.25) is 5.91 Å². The summed E-state index contributed by atoms with van der Waals surface area (Å²) < 4.78 is 7.33. The average molecular weight is 484 g/mol. The molecule has 176 valence electrons. The number of amides is 1. The second-order valence-corrected chi connectivity index (χ2v) is 9.14. The van der Waals surface area contributed by atoms with Crippen LogP contribution in [0.3, 0.4) is 0 Å². The van der Waals surface area contributed by atoms with Gasteiger partial charge in [-0.3, -0.25) is 4.79 Å². The van der Waals surface area contributed by atoms with Crippen LogP contribution in [0.2, 0.25) is 0 Å². The number of aromatic nitrogens is 3. The van der Waals surface area contributed by atoms with Crippen molar-refractivity contribution in [2.24, 2.45) is 0 Å². The van der Waals surface area contributed by atoms with Crippen LogP contribution in [0, 0.1) is 11.3 Å². The summed E-state index contributed by atoms with van der Waals surface area (Å²) in [5.41, 5.74) is 3.04. The van der Waals surface area contributed by atoms with Crippen LogP contribution in [-0.2, 0) is 17.8 Å². The molecule has 1 unspecified atom stereocenters. The zero-order valence-electron chi connectivity index (χ0n) is 19.5. The maximum atomic E-state index is 12.9. The monoisotopic (exact) mass is 483 g/mol. The van der Waals surface area contributed by atoms with E-state index >= 15 is 0 Å². The van der Waals surface area contributed by atoms with Gasteiger partial charge in [-0.1, -0.05) is 54.2 Å². The van der Waals surface area contributed by atoms with E-state index in [4.69, 9.17) is 4.74 Å². The SMILES string of the molecule is COc1ccc(-c2nnc(SC(C)C(=O)Nc3ccccc3C#N)n2CCc2ccccc2)cc1. The highest BCUT2D eigenvalue weighted by atomic mass is 32.2. The molecule has 0 aliphatic rings. The van der Waals surface area contributed by atoms with E-state index in [2.05, 4.69) is 33.7 Å². The number of methoxy groups -OCH3 is 1. The first-order chi connectivity index (χ1) is 17.1. The van der Waals surface area contributed by atoms with Crippen molar-refractivity contribution in [1.29, 1.82) is 5.26 Å². The zero-order valence-corrected chi connectivity index (χ0v) is 20.3. The number of nitrogens with one attached hydrogen (secondary N) is 1. The van der Waals surface area contributed by atoms with E-state index in [1.807, 2.05) is 54.0 Å². The third-order valence-electron chi connectivity index (χ3n) is 5.49. The van der Waals surface area contributed by atoms with Gasteiger partial charge < -0.3 is 14.6 Å². The van der Waals surface area contributed by atoms with Crippen LogP contribution >= 0.6 is 11.8 Å². The van der Waals surface area contributed by atoms with Gasteiger partial charge in [0.05, 0.1) is 23.6 Å². The number of para-hydroxylation sites is 1. The Morgan fingerprint density at radius 1 is 1.06 bits per heavy atom. The average Bonchev–Trinajstić information content (AvgIpc) is 3.30. The molecule has 1 amide bonds. The predicted octanol–water partition coefficient (Wildman–Crippen LogP) is 5.19. The van der Waals surface area contributed by atoms with Crippen molar-refractivity contribution in [2.45, 2.75) is 30.3 Å². The lowest BCUT2D eigenvalue weighted by Gasteiger charge is -2.14.